The number of carbonyl (C=O) groups is 1. The minimum Gasteiger partial charge on any atom is -0.478 e. The van der Waals surface area contributed by atoms with E-state index in [1.54, 1.807) is 0 Å². The molecule has 4 nitrogen and oxygen atoms in total. The zero-order chi connectivity index (χ0) is 12.3. The molecule has 0 atom stereocenters. The highest BCUT2D eigenvalue weighted by atomic mass is 35.5. The van der Waals surface area contributed by atoms with Crippen LogP contribution in [0, 0.1) is 0 Å². The number of carboxylic acid groups (broad SMARTS) is 1. The van der Waals surface area contributed by atoms with E-state index in [4.69, 9.17) is 21.4 Å². The van der Waals surface area contributed by atoms with Crippen molar-refractivity contribution >= 4 is 17.6 Å². The Labute approximate surface area is 105 Å². The van der Waals surface area contributed by atoms with Gasteiger partial charge in [-0.05, 0) is 31.7 Å². The van der Waals surface area contributed by atoms with Crippen molar-refractivity contribution in [1.29, 1.82) is 0 Å². The normalized spacial score (nSPS) is 16.8. The van der Waals surface area contributed by atoms with Crippen LogP contribution in [0.15, 0.2) is 12.3 Å². The van der Waals surface area contributed by atoms with Crippen LogP contribution in [0.25, 0.3) is 0 Å². The van der Waals surface area contributed by atoms with Crippen LogP contribution in [-0.4, -0.2) is 22.2 Å². The topological polar surface area (TPSA) is 59.4 Å². The summed E-state index contributed by atoms with van der Waals surface area (Å²) in [7, 11) is 0. The lowest BCUT2D eigenvalue weighted by molar-refractivity contribution is 0.0696. The Bertz CT molecular complexity index is 416. The molecule has 0 radical (unpaired) electrons. The minimum absolute atomic E-state index is 0.0750. The summed E-state index contributed by atoms with van der Waals surface area (Å²) in [5.74, 6) is -0.702. The fourth-order valence-electron chi connectivity index (χ4n) is 1.97. The Morgan fingerprint density at radius 3 is 2.71 bits per heavy atom. The monoisotopic (exact) mass is 255 g/mol. The van der Waals surface area contributed by atoms with E-state index in [1.807, 2.05) is 0 Å². The fourth-order valence-corrected chi connectivity index (χ4v) is 2.18. The van der Waals surface area contributed by atoms with Gasteiger partial charge in [-0.3, -0.25) is 0 Å². The van der Waals surface area contributed by atoms with Crippen LogP contribution in [0.3, 0.4) is 0 Å². The number of nitrogens with zero attached hydrogens (tertiary/aromatic N) is 1. The van der Waals surface area contributed by atoms with E-state index in [-0.39, 0.29) is 16.7 Å². The first kappa shape index (κ1) is 12.2. The lowest BCUT2D eigenvalue weighted by atomic mass is 9.98. The van der Waals surface area contributed by atoms with Crippen molar-refractivity contribution in [1.82, 2.24) is 4.98 Å². The van der Waals surface area contributed by atoms with E-state index in [1.165, 1.54) is 18.7 Å². The molecule has 0 aliphatic heterocycles. The number of pyridine rings is 1. The maximum atomic E-state index is 10.7. The molecule has 1 fully saturated rings. The van der Waals surface area contributed by atoms with Gasteiger partial charge in [0.15, 0.2) is 0 Å². The summed E-state index contributed by atoms with van der Waals surface area (Å²) in [5.41, 5.74) is 0.0750. The molecule has 0 bridgehead atoms. The van der Waals surface area contributed by atoms with Gasteiger partial charge in [-0.15, -0.1) is 0 Å². The van der Waals surface area contributed by atoms with Gasteiger partial charge in [-0.1, -0.05) is 18.0 Å². The van der Waals surface area contributed by atoms with Gasteiger partial charge in [0.25, 0.3) is 0 Å². The molecule has 1 aromatic rings. The minimum atomic E-state index is -1.04. The van der Waals surface area contributed by atoms with E-state index >= 15 is 0 Å². The molecular formula is C12H14ClNO3. The number of rotatable bonds is 3. The van der Waals surface area contributed by atoms with Gasteiger partial charge < -0.3 is 9.84 Å². The average molecular weight is 256 g/mol. The van der Waals surface area contributed by atoms with Crippen LogP contribution in [-0.2, 0) is 0 Å². The Kier molecular flexibility index (Phi) is 3.84. The largest absolute Gasteiger partial charge is 0.478 e. The van der Waals surface area contributed by atoms with Gasteiger partial charge >= 0.3 is 5.97 Å². The average Bonchev–Trinajstić information content (AvgIpc) is 2.33. The molecular weight excluding hydrogens is 242 g/mol. The van der Waals surface area contributed by atoms with E-state index in [2.05, 4.69) is 4.98 Å². The second kappa shape index (κ2) is 5.36. The molecule has 0 unspecified atom stereocenters. The quantitative estimate of drug-likeness (QED) is 0.901. The SMILES string of the molecule is O=C(O)c1cnc(OC2CCCCC2)c(Cl)c1. The van der Waals surface area contributed by atoms with Crippen molar-refractivity contribution in [3.8, 4) is 5.88 Å². The molecule has 92 valence electrons. The fraction of sp³-hybridized carbons (Fsp3) is 0.500. The number of halogens is 1. The number of hydrogen-bond donors (Lipinski definition) is 1. The van der Waals surface area contributed by atoms with Crippen LogP contribution in [0.1, 0.15) is 42.5 Å². The maximum absolute atomic E-state index is 10.7. The summed E-state index contributed by atoms with van der Waals surface area (Å²) in [4.78, 5) is 14.7. The molecule has 1 aromatic heterocycles. The van der Waals surface area contributed by atoms with Crippen LogP contribution in [0.2, 0.25) is 5.02 Å². The Morgan fingerprint density at radius 2 is 2.12 bits per heavy atom. The molecule has 1 heterocycles. The molecule has 1 aliphatic rings. The molecule has 1 aliphatic carbocycles. The van der Waals surface area contributed by atoms with Gasteiger partial charge in [0, 0.05) is 6.20 Å². The van der Waals surface area contributed by atoms with Gasteiger partial charge in [0.2, 0.25) is 5.88 Å². The number of hydrogen-bond acceptors (Lipinski definition) is 3. The number of aromatic nitrogens is 1. The molecule has 0 spiro atoms. The van der Waals surface area contributed by atoms with Crippen molar-refractivity contribution < 1.29 is 14.6 Å². The molecule has 5 heteroatoms. The summed E-state index contributed by atoms with van der Waals surface area (Å²) < 4.78 is 5.68. The first-order chi connectivity index (χ1) is 8.16. The third kappa shape index (κ3) is 3.09. The van der Waals surface area contributed by atoms with Gasteiger partial charge in [0.05, 0.1) is 5.56 Å². The molecule has 1 saturated carbocycles. The van der Waals surface area contributed by atoms with E-state index < -0.39 is 5.97 Å². The predicted molar refractivity (Wildman–Crippen MR) is 63.7 cm³/mol. The van der Waals surface area contributed by atoms with Crippen LogP contribution in [0.5, 0.6) is 5.88 Å². The van der Waals surface area contributed by atoms with Crippen molar-refractivity contribution in [2.75, 3.05) is 0 Å². The number of carboxylic acids is 1. The van der Waals surface area contributed by atoms with E-state index in [0.29, 0.717) is 5.88 Å². The van der Waals surface area contributed by atoms with Gasteiger partial charge in [0.1, 0.15) is 11.1 Å². The van der Waals surface area contributed by atoms with E-state index in [0.717, 1.165) is 25.7 Å². The third-order valence-electron chi connectivity index (χ3n) is 2.88. The molecule has 0 saturated heterocycles. The smallest absolute Gasteiger partial charge is 0.337 e. The summed E-state index contributed by atoms with van der Waals surface area (Å²) >= 11 is 5.94. The van der Waals surface area contributed by atoms with E-state index in [9.17, 15) is 4.79 Å². The molecule has 0 amide bonds. The Balaban J connectivity index is 2.08. The van der Waals surface area contributed by atoms with Crippen molar-refractivity contribution in [3.63, 3.8) is 0 Å². The summed E-state index contributed by atoms with van der Waals surface area (Å²) in [6.07, 6.45) is 7.03. The first-order valence-corrected chi connectivity index (χ1v) is 6.10. The van der Waals surface area contributed by atoms with Gasteiger partial charge in [-0.2, -0.15) is 0 Å². The summed E-state index contributed by atoms with van der Waals surface area (Å²) in [6, 6.07) is 1.37. The van der Waals surface area contributed by atoms with Crippen LogP contribution >= 0.6 is 11.6 Å². The predicted octanol–water partition coefficient (Wildman–Crippen LogP) is 3.14. The highest BCUT2D eigenvalue weighted by molar-refractivity contribution is 6.32. The standard InChI is InChI=1S/C12H14ClNO3/c13-10-6-8(12(15)16)7-14-11(10)17-9-4-2-1-3-5-9/h6-7,9H,1-5H2,(H,15,16). The molecule has 2 rings (SSSR count). The van der Waals surface area contributed by atoms with Crippen LogP contribution in [0.4, 0.5) is 0 Å². The van der Waals surface area contributed by atoms with Crippen molar-refractivity contribution in [3.05, 3.63) is 22.8 Å². The second-order valence-corrected chi connectivity index (χ2v) is 4.60. The van der Waals surface area contributed by atoms with Crippen LogP contribution < -0.4 is 4.74 Å². The third-order valence-corrected chi connectivity index (χ3v) is 3.16. The zero-order valence-electron chi connectivity index (χ0n) is 9.36. The van der Waals surface area contributed by atoms with Crippen molar-refractivity contribution in [2.24, 2.45) is 0 Å². The Hall–Kier alpha value is -1.29. The lowest BCUT2D eigenvalue weighted by Crippen LogP contribution is -2.20. The highest BCUT2D eigenvalue weighted by Crippen LogP contribution is 2.27. The van der Waals surface area contributed by atoms with Crippen molar-refractivity contribution in [2.45, 2.75) is 38.2 Å². The second-order valence-electron chi connectivity index (χ2n) is 4.19. The number of aromatic carboxylic acids is 1. The molecule has 0 aromatic carbocycles. The zero-order valence-corrected chi connectivity index (χ0v) is 10.1. The first-order valence-electron chi connectivity index (χ1n) is 5.72. The summed E-state index contributed by atoms with van der Waals surface area (Å²) in [6.45, 7) is 0. The van der Waals surface area contributed by atoms with Gasteiger partial charge in [-0.25, -0.2) is 9.78 Å². The Morgan fingerprint density at radius 1 is 1.41 bits per heavy atom. The maximum Gasteiger partial charge on any atom is 0.337 e. The lowest BCUT2D eigenvalue weighted by Gasteiger charge is -2.22. The highest BCUT2D eigenvalue weighted by Gasteiger charge is 2.17. The number of ether oxygens (including phenoxy) is 1. The summed E-state index contributed by atoms with van der Waals surface area (Å²) in [5, 5.41) is 9.04. The molecule has 1 N–H and O–H groups in total. The molecule has 17 heavy (non-hydrogen) atoms.